The van der Waals surface area contributed by atoms with Crippen molar-refractivity contribution >= 4 is 0 Å². The Bertz CT molecular complexity index is 166. The van der Waals surface area contributed by atoms with Gasteiger partial charge in [0.05, 0.1) is 0 Å². The standard InChI is InChI=1S/C13H28N2/c1-5-13(14-3)7-6-8-15(4)10-12-9-11(12)2/h11-14H,5-10H2,1-4H3. The van der Waals surface area contributed by atoms with E-state index in [-0.39, 0.29) is 0 Å². The predicted octanol–water partition coefficient (Wildman–Crippen LogP) is 2.35. The van der Waals surface area contributed by atoms with Crippen LogP contribution in [0.5, 0.6) is 0 Å². The fourth-order valence-electron chi connectivity index (χ4n) is 2.31. The quantitative estimate of drug-likeness (QED) is 0.664. The van der Waals surface area contributed by atoms with Crippen molar-refractivity contribution in [3.63, 3.8) is 0 Å². The van der Waals surface area contributed by atoms with Crippen LogP contribution in [0.4, 0.5) is 0 Å². The second-order valence-corrected chi connectivity index (χ2v) is 5.27. The molecule has 0 bridgehead atoms. The van der Waals surface area contributed by atoms with Gasteiger partial charge in [-0.3, -0.25) is 0 Å². The summed E-state index contributed by atoms with van der Waals surface area (Å²) < 4.78 is 0. The number of hydrogen-bond donors (Lipinski definition) is 1. The van der Waals surface area contributed by atoms with Gasteiger partial charge < -0.3 is 10.2 Å². The molecular formula is C13H28N2. The highest BCUT2D eigenvalue weighted by atomic mass is 15.1. The molecule has 0 aromatic heterocycles. The first kappa shape index (κ1) is 13.0. The fraction of sp³-hybridized carbons (Fsp3) is 1.00. The Morgan fingerprint density at radius 3 is 2.60 bits per heavy atom. The second kappa shape index (κ2) is 6.49. The predicted molar refractivity (Wildman–Crippen MR) is 67.1 cm³/mol. The lowest BCUT2D eigenvalue weighted by atomic mass is 10.1. The van der Waals surface area contributed by atoms with Gasteiger partial charge in [-0.15, -0.1) is 0 Å². The van der Waals surface area contributed by atoms with Crippen LogP contribution in [0, 0.1) is 11.8 Å². The van der Waals surface area contributed by atoms with Crippen LogP contribution in [-0.2, 0) is 0 Å². The summed E-state index contributed by atoms with van der Waals surface area (Å²) in [6.45, 7) is 7.21. The van der Waals surface area contributed by atoms with Gasteiger partial charge in [-0.25, -0.2) is 0 Å². The number of nitrogens with one attached hydrogen (secondary N) is 1. The molecular weight excluding hydrogens is 184 g/mol. The maximum atomic E-state index is 3.37. The first-order valence-electron chi connectivity index (χ1n) is 6.53. The highest BCUT2D eigenvalue weighted by Gasteiger charge is 2.32. The minimum atomic E-state index is 0.721. The van der Waals surface area contributed by atoms with Crippen molar-refractivity contribution in [3.8, 4) is 0 Å². The van der Waals surface area contributed by atoms with Gasteiger partial charge in [0, 0.05) is 12.6 Å². The summed E-state index contributed by atoms with van der Waals surface area (Å²) in [7, 11) is 4.34. The maximum Gasteiger partial charge on any atom is 0.00619 e. The van der Waals surface area contributed by atoms with Crippen LogP contribution in [0.3, 0.4) is 0 Å². The van der Waals surface area contributed by atoms with Crippen molar-refractivity contribution in [2.45, 2.75) is 45.6 Å². The van der Waals surface area contributed by atoms with Crippen LogP contribution >= 0.6 is 0 Å². The van der Waals surface area contributed by atoms with E-state index in [1.165, 1.54) is 38.8 Å². The summed E-state index contributed by atoms with van der Waals surface area (Å²) in [4.78, 5) is 2.51. The van der Waals surface area contributed by atoms with Crippen molar-refractivity contribution in [3.05, 3.63) is 0 Å². The zero-order valence-corrected chi connectivity index (χ0v) is 10.9. The zero-order valence-electron chi connectivity index (χ0n) is 10.9. The van der Waals surface area contributed by atoms with Gasteiger partial charge in [-0.05, 0) is 58.2 Å². The Kier molecular flexibility index (Phi) is 5.62. The summed E-state index contributed by atoms with van der Waals surface area (Å²) in [6.07, 6.45) is 5.35. The Labute approximate surface area is 95.4 Å². The average Bonchev–Trinajstić information content (AvgIpc) is 2.89. The SMILES string of the molecule is CCC(CCCN(C)CC1CC1C)NC. The van der Waals surface area contributed by atoms with Crippen LogP contribution < -0.4 is 5.32 Å². The molecule has 1 aliphatic carbocycles. The summed E-state index contributed by atoms with van der Waals surface area (Å²) in [5.74, 6) is 1.99. The van der Waals surface area contributed by atoms with Crippen LogP contribution in [-0.4, -0.2) is 38.1 Å². The third kappa shape index (κ3) is 4.98. The lowest BCUT2D eigenvalue weighted by Crippen LogP contribution is -2.27. The molecule has 0 amide bonds. The van der Waals surface area contributed by atoms with Gasteiger partial charge in [-0.2, -0.15) is 0 Å². The van der Waals surface area contributed by atoms with Crippen LogP contribution in [0.25, 0.3) is 0 Å². The second-order valence-electron chi connectivity index (χ2n) is 5.27. The summed E-state index contributed by atoms with van der Waals surface area (Å²) in [6, 6.07) is 0.721. The molecule has 90 valence electrons. The lowest BCUT2D eigenvalue weighted by molar-refractivity contribution is 0.300. The van der Waals surface area contributed by atoms with E-state index in [0.29, 0.717) is 0 Å². The third-order valence-corrected chi connectivity index (χ3v) is 3.82. The molecule has 1 saturated carbocycles. The Morgan fingerprint density at radius 2 is 2.13 bits per heavy atom. The van der Waals surface area contributed by atoms with E-state index in [0.717, 1.165) is 17.9 Å². The number of hydrogen-bond acceptors (Lipinski definition) is 2. The molecule has 0 saturated heterocycles. The first-order chi connectivity index (χ1) is 7.17. The van der Waals surface area contributed by atoms with Gasteiger partial charge in [0.15, 0.2) is 0 Å². The minimum absolute atomic E-state index is 0.721. The molecule has 3 atom stereocenters. The molecule has 2 heteroatoms. The normalized spacial score (nSPS) is 27.0. The molecule has 15 heavy (non-hydrogen) atoms. The van der Waals surface area contributed by atoms with Crippen molar-refractivity contribution in [1.82, 2.24) is 10.2 Å². The van der Waals surface area contributed by atoms with Crippen molar-refractivity contribution < 1.29 is 0 Å². The highest BCUT2D eigenvalue weighted by Crippen LogP contribution is 2.37. The zero-order chi connectivity index (χ0) is 11.3. The monoisotopic (exact) mass is 212 g/mol. The number of rotatable bonds is 8. The van der Waals surface area contributed by atoms with Gasteiger partial charge in [0.1, 0.15) is 0 Å². The molecule has 1 aliphatic rings. The van der Waals surface area contributed by atoms with Crippen molar-refractivity contribution in [2.24, 2.45) is 11.8 Å². The molecule has 1 fully saturated rings. The molecule has 0 aromatic rings. The van der Waals surface area contributed by atoms with E-state index in [2.05, 4.69) is 38.2 Å². The first-order valence-corrected chi connectivity index (χ1v) is 6.53. The summed E-state index contributed by atoms with van der Waals surface area (Å²) in [5.41, 5.74) is 0. The smallest absolute Gasteiger partial charge is 0.00619 e. The van der Waals surface area contributed by atoms with Gasteiger partial charge in [-0.1, -0.05) is 13.8 Å². The van der Waals surface area contributed by atoms with E-state index in [4.69, 9.17) is 0 Å². The Hall–Kier alpha value is -0.0800. The van der Waals surface area contributed by atoms with Gasteiger partial charge in [0.25, 0.3) is 0 Å². The maximum absolute atomic E-state index is 3.37. The van der Waals surface area contributed by atoms with Crippen LogP contribution in [0.15, 0.2) is 0 Å². The van der Waals surface area contributed by atoms with Crippen LogP contribution in [0.2, 0.25) is 0 Å². The molecule has 2 nitrogen and oxygen atoms in total. The molecule has 0 spiro atoms. The molecule has 0 heterocycles. The lowest BCUT2D eigenvalue weighted by Gasteiger charge is -2.19. The third-order valence-electron chi connectivity index (χ3n) is 3.82. The van der Waals surface area contributed by atoms with E-state index in [9.17, 15) is 0 Å². The van der Waals surface area contributed by atoms with Crippen LogP contribution in [0.1, 0.15) is 39.5 Å². The van der Waals surface area contributed by atoms with E-state index >= 15 is 0 Å². The molecule has 0 radical (unpaired) electrons. The van der Waals surface area contributed by atoms with Gasteiger partial charge in [0.2, 0.25) is 0 Å². The van der Waals surface area contributed by atoms with Crippen molar-refractivity contribution in [2.75, 3.05) is 27.2 Å². The fourth-order valence-corrected chi connectivity index (χ4v) is 2.31. The molecule has 1 rings (SSSR count). The summed E-state index contributed by atoms with van der Waals surface area (Å²) in [5, 5.41) is 3.37. The largest absolute Gasteiger partial charge is 0.317 e. The average molecular weight is 212 g/mol. The molecule has 0 aliphatic heterocycles. The van der Waals surface area contributed by atoms with Crippen molar-refractivity contribution in [1.29, 1.82) is 0 Å². The topological polar surface area (TPSA) is 15.3 Å². The minimum Gasteiger partial charge on any atom is -0.317 e. The van der Waals surface area contributed by atoms with E-state index in [1.54, 1.807) is 0 Å². The molecule has 1 N–H and O–H groups in total. The molecule has 0 aromatic carbocycles. The Balaban J connectivity index is 1.98. The highest BCUT2D eigenvalue weighted by molar-refractivity contribution is 4.84. The summed E-state index contributed by atoms with van der Waals surface area (Å²) >= 11 is 0. The Morgan fingerprint density at radius 1 is 1.47 bits per heavy atom. The van der Waals surface area contributed by atoms with Gasteiger partial charge >= 0.3 is 0 Å². The molecule has 3 unspecified atom stereocenters. The van der Waals surface area contributed by atoms with E-state index in [1.807, 2.05) is 0 Å². The number of nitrogens with zero attached hydrogens (tertiary/aromatic N) is 1. The van der Waals surface area contributed by atoms with E-state index < -0.39 is 0 Å².